The minimum atomic E-state index is -0.530. The van der Waals surface area contributed by atoms with Gasteiger partial charge in [0.15, 0.2) is 6.10 Å². The van der Waals surface area contributed by atoms with Gasteiger partial charge < -0.3 is 19.7 Å². The van der Waals surface area contributed by atoms with E-state index in [0.717, 1.165) is 51.2 Å². The van der Waals surface area contributed by atoms with Gasteiger partial charge in [-0.25, -0.2) is 0 Å². The van der Waals surface area contributed by atoms with E-state index in [2.05, 4.69) is 10.2 Å². The Kier molecular flexibility index (Phi) is 7.52. The maximum atomic E-state index is 12.4. The van der Waals surface area contributed by atoms with E-state index in [1.165, 1.54) is 0 Å². The smallest absolute Gasteiger partial charge is 0.253 e. The second-order valence-electron chi connectivity index (χ2n) is 6.05. The molecular weight excluding hydrogens is 292 g/mol. The number of methoxy groups -OCH3 is 2. The van der Waals surface area contributed by atoms with E-state index < -0.39 is 6.10 Å². The van der Waals surface area contributed by atoms with E-state index in [-0.39, 0.29) is 5.91 Å². The third kappa shape index (κ3) is 5.61. The molecule has 0 bridgehead atoms. The van der Waals surface area contributed by atoms with Crippen LogP contribution in [0, 0.1) is 5.92 Å². The molecule has 2 rings (SSSR count). The van der Waals surface area contributed by atoms with Gasteiger partial charge in [0.1, 0.15) is 0 Å². The van der Waals surface area contributed by atoms with Gasteiger partial charge in [-0.1, -0.05) is 30.3 Å². The highest BCUT2D eigenvalue weighted by Crippen LogP contribution is 2.18. The Bertz CT molecular complexity index is 459. The van der Waals surface area contributed by atoms with Gasteiger partial charge in [-0.05, 0) is 37.4 Å². The van der Waals surface area contributed by atoms with Crippen LogP contribution in [0.5, 0.6) is 0 Å². The second-order valence-corrected chi connectivity index (χ2v) is 6.05. The number of likely N-dealkylation sites (tertiary alicyclic amines) is 1. The molecule has 128 valence electrons. The number of carbonyl (C=O) groups is 1. The van der Waals surface area contributed by atoms with Gasteiger partial charge >= 0.3 is 0 Å². The molecule has 1 heterocycles. The fourth-order valence-electron chi connectivity index (χ4n) is 2.99. The molecule has 1 fully saturated rings. The molecule has 1 aromatic carbocycles. The summed E-state index contributed by atoms with van der Waals surface area (Å²) < 4.78 is 10.5. The van der Waals surface area contributed by atoms with Crippen molar-refractivity contribution in [2.75, 3.05) is 47.0 Å². The first-order valence-electron chi connectivity index (χ1n) is 8.31. The van der Waals surface area contributed by atoms with E-state index in [4.69, 9.17) is 9.47 Å². The quantitative estimate of drug-likeness (QED) is 0.794. The zero-order chi connectivity index (χ0) is 16.5. The van der Waals surface area contributed by atoms with Gasteiger partial charge in [0.05, 0.1) is 6.61 Å². The third-order valence-corrected chi connectivity index (χ3v) is 4.46. The van der Waals surface area contributed by atoms with Crippen LogP contribution >= 0.6 is 0 Å². The Hall–Kier alpha value is -1.43. The molecule has 0 spiro atoms. The number of hydrogen-bond donors (Lipinski definition) is 1. The molecule has 0 aromatic heterocycles. The molecule has 0 radical (unpaired) electrons. The number of nitrogens with one attached hydrogen (secondary N) is 1. The SMILES string of the molecule is COCCN1CCC(CNC(=O)[C@@H](OC)c2ccccc2)CC1. The molecule has 5 heteroatoms. The van der Waals surface area contributed by atoms with E-state index in [1.54, 1.807) is 14.2 Å². The number of piperidine rings is 1. The van der Waals surface area contributed by atoms with Crippen molar-refractivity contribution in [3.63, 3.8) is 0 Å². The lowest BCUT2D eigenvalue weighted by Gasteiger charge is -2.32. The summed E-state index contributed by atoms with van der Waals surface area (Å²) in [6, 6.07) is 9.62. The second kappa shape index (κ2) is 9.65. The third-order valence-electron chi connectivity index (χ3n) is 4.46. The summed E-state index contributed by atoms with van der Waals surface area (Å²) in [7, 11) is 3.31. The van der Waals surface area contributed by atoms with Gasteiger partial charge in [0, 0.05) is 27.3 Å². The van der Waals surface area contributed by atoms with Crippen molar-refractivity contribution in [3.05, 3.63) is 35.9 Å². The topological polar surface area (TPSA) is 50.8 Å². The van der Waals surface area contributed by atoms with Crippen LogP contribution in [-0.4, -0.2) is 57.8 Å². The summed E-state index contributed by atoms with van der Waals surface area (Å²) in [5.41, 5.74) is 0.891. The zero-order valence-electron chi connectivity index (χ0n) is 14.2. The van der Waals surface area contributed by atoms with Crippen LogP contribution < -0.4 is 5.32 Å². The number of ether oxygens (including phenoxy) is 2. The molecule has 1 amide bonds. The molecule has 0 aliphatic carbocycles. The lowest BCUT2D eigenvalue weighted by Crippen LogP contribution is -2.41. The standard InChI is InChI=1S/C18H28N2O3/c1-22-13-12-20-10-8-15(9-11-20)14-19-18(21)17(23-2)16-6-4-3-5-7-16/h3-7,15,17H,8-14H2,1-2H3,(H,19,21)/t17-/m0/s1. The summed E-state index contributed by atoms with van der Waals surface area (Å²) in [5.74, 6) is 0.492. The predicted molar refractivity (Wildman–Crippen MR) is 90.2 cm³/mol. The fourth-order valence-corrected chi connectivity index (χ4v) is 2.99. The van der Waals surface area contributed by atoms with E-state index in [0.29, 0.717) is 5.92 Å². The van der Waals surface area contributed by atoms with Crippen molar-refractivity contribution >= 4 is 5.91 Å². The monoisotopic (exact) mass is 320 g/mol. The van der Waals surface area contributed by atoms with Gasteiger partial charge in [0.2, 0.25) is 0 Å². The average Bonchev–Trinajstić information content (AvgIpc) is 2.60. The van der Waals surface area contributed by atoms with Gasteiger partial charge in [0.25, 0.3) is 5.91 Å². The van der Waals surface area contributed by atoms with Crippen LogP contribution in [0.25, 0.3) is 0 Å². The summed E-state index contributed by atoms with van der Waals surface area (Å²) in [6.45, 7) is 4.67. The summed E-state index contributed by atoms with van der Waals surface area (Å²) in [5, 5.41) is 3.05. The number of nitrogens with zero attached hydrogens (tertiary/aromatic N) is 1. The normalized spacial score (nSPS) is 17.8. The molecule has 1 atom stereocenters. The zero-order valence-corrected chi connectivity index (χ0v) is 14.2. The highest BCUT2D eigenvalue weighted by atomic mass is 16.5. The van der Waals surface area contributed by atoms with Crippen molar-refractivity contribution in [1.82, 2.24) is 10.2 Å². The molecule has 1 aromatic rings. The Morgan fingerprint density at radius 3 is 2.57 bits per heavy atom. The van der Waals surface area contributed by atoms with E-state index >= 15 is 0 Å². The summed E-state index contributed by atoms with van der Waals surface area (Å²) in [4.78, 5) is 14.8. The fraction of sp³-hybridized carbons (Fsp3) is 0.611. The number of benzene rings is 1. The first-order chi connectivity index (χ1) is 11.2. The molecule has 5 nitrogen and oxygen atoms in total. The minimum Gasteiger partial charge on any atom is -0.383 e. The number of rotatable bonds is 8. The Morgan fingerprint density at radius 1 is 1.26 bits per heavy atom. The van der Waals surface area contributed by atoms with Crippen LogP contribution in [-0.2, 0) is 14.3 Å². The van der Waals surface area contributed by atoms with Gasteiger partial charge in [-0.2, -0.15) is 0 Å². The average molecular weight is 320 g/mol. The maximum Gasteiger partial charge on any atom is 0.253 e. The highest BCUT2D eigenvalue weighted by Gasteiger charge is 2.23. The Labute approximate surface area is 139 Å². The van der Waals surface area contributed by atoms with Crippen LogP contribution in [0.2, 0.25) is 0 Å². The van der Waals surface area contributed by atoms with Gasteiger partial charge in [-0.3, -0.25) is 4.79 Å². The summed E-state index contributed by atoms with van der Waals surface area (Å²) in [6.07, 6.45) is 1.71. The lowest BCUT2D eigenvalue weighted by atomic mass is 9.96. The predicted octanol–water partition coefficient (Wildman–Crippen LogP) is 1.85. The van der Waals surface area contributed by atoms with Crippen molar-refractivity contribution < 1.29 is 14.3 Å². The Balaban J connectivity index is 1.74. The van der Waals surface area contributed by atoms with Crippen molar-refractivity contribution in [2.24, 2.45) is 5.92 Å². The molecule has 1 N–H and O–H groups in total. The molecule has 1 saturated heterocycles. The number of amides is 1. The van der Waals surface area contributed by atoms with Crippen LogP contribution in [0.15, 0.2) is 30.3 Å². The van der Waals surface area contributed by atoms with Crippen LogP contribution in [0.3, 0.4) is 0 Å². The molecule has 0 unspecified atom stereocenters. The first-order valence-corrected chi connectivity index (χ1v) is 8.31. The van der Waals surface area contributed by atoms with Gasteiger partial charge in [-0.15, -0.1) is 0 Å². The summed E-state index contributed by atoms with van der Waals surface area (Å²) >= 11 is 0. The molecule has 23 heavy (non-hydrogen) atoms. The highest BCUT2D eigenvalue weighted by molar-refractivity contribution is 5.82. The molecular formula is C18H28N2O3. The lowest BCUT2D eigenvalue weighted by molar-refractivity contribution is -0.131. The van der Waals surface area contributed by atoms with E-state index in [1.807, 2.05) is 30.3 Å². The Morgan fingerprint density at radius 2 is 1.96 bits per heavy atom. The molecule has 0 saturated carbocycles. The molecule has 1 aliphatic heterocycles. The van der Waals surface area contributed by atoms with Crippen LogP contribution in [0.1, 0.15) is 24.5 Å². The maximum absolute atomic E-state index is 12.4. The van der Waals surface area contributed by atoms with Crippen molar-refractivity contribution in [1.29, 1.82) is 0 Å². The number of hydrogen-bond acceptors (Lipinski definition) is 4. The van der Waals surface area contributed by atoms with Crippen LogP contribution in [0.4, 0.5) is 0 Å². The van der Waals surface area contributed by atoms with Crippen molar-refractivity contribution in [3.8, 4) is 0 Å². The number of carbonyl (C=O) groups excluding carboxylic acids is 1. The van der Waals surface area contributed by atoms with E-state index in [9.17, 15) is 4.79 Å². The minimum absolute atomic E-state index is 0.0551. The first kappa shape index (κ1) is 17.9. The molecule has 1 aliphatic rings. The largest absolute Gasteiger partial charge is 0.383 e. The van der Waals surface area contributed by atoms with Crippen molar-refractivity contribution in [2.45, 2.75) is 18.9 Å².